The molecule has 0 spiro atoms. The third-order valence-electron chi connectivity index (χ3n) is 1.73. The summed E-state index contributed by atoms with van der Waals surface area (Å²) in [6.07, 6.45) is 2.46. The van der Waals surface area contributed by atoms with Gasteiger partial charge in [-0.15, -0.1) is 0 Å². The van der Waals surface area contributed by atoms with E-state index in [0.717, 1.165) is 0 Å². The van der Waals surface area contributed by atoms with Crippen molar-refractivity contribution in [3.05, 3.63) is 11.6 Å². The molecule has 0 aliphatic carbocycles. The molecule has 0 saturated carbocycles. The minimum Gasteiger partial charge on any atom is -0.466 e. The second-order valence-corrected chi connectivity index (χ2v) is 3.51. The highest BCUT2D eigenvalue weighted by atomic mass is 16.5. The zero-order valence-electron chi connectivity index (χ0n) is 9.50. The predicted octanol–water partition coefficient (Wildman–Crippen LogP) is 2.17. The van der Waals surface area contributed by atoms with Crippen LogP contribution in [0.25, 0.3) is 0 Å². The highest BCUT2D eigenvalue weighted by molar-refractivity contribution is 5.88. The SMILES string of the molecule is CCC(=CCOCC(C)C)C(=O)OC. The first-order chi connectivity index (χ1) is 6.61. The summed E-state index contributed by atoms with van der Waals surface area (Å²) in [5.41, 5.74) is 0.677. The summed E-state index contributed by atoms with van der Waals surface area (Å²) in [5.74, 6) is 0.257. The summed E-state index contributed by atoms with van der Waals surface area (Å²) in [4.78, 5) is 11.1. The molecule has 0 N–H and O–H groups in total. The first kappa shape index (κ1) is 13.2. The fraction of sp³-hybridized carbons (Fsp3) is 0.727. The Hall–Kier alpha value is -0.830. The first-order valence-electron chi connectivity index (χ1n) is 4.96. The standard InChI is InChI=1S/C11H20O3/c1-5-10(11(12)13-4)6-7-14-8-9(2)3/h6,9H,5,7-8H2,1-4H3. The summed E-state index contributed by atoms with van der Waals surface area (Å²) < 4.78 is 9.96. The number of hydrogen-bond acceptors (Lipinski definition) is 3. The van der Waals surface area contributed by atoms with Crippen molar-refractivity contribution in [2.45, 2.75) is 27.2 Å². The summed E-state index contributed by atoms with van der Waals surface area (Å²) in [6, 6.07) is 0. The number of esters is 1. The van der Waals surface area contributed by atoms with E-state index in [9.17, 15) is 4.79 Å². The Labute approximate surface area is 86.1 Å². The predicted molar refractivity (Wildman–Crippen MR) is 56.0 cm³/mol. The van der Waals surface area contributed by atoms with Crippen molar-refractivity contribution in [3.8, 4) is 0 Å². The first-order valence-corrected chi connectivity index (χ1v) is 4.96. The molecule has 0 fully saturated rings. The molecule has 0 aromatic heterocycles. The lowest BCUT2D eigenvalue weighted by molar-refractivity contribution is -0.136. The minimum absolute atomic E-state index is 0.263. The summed E-state index contributed by atoms with van der Waals surface area (Å²) in [5, 5.41) is 0. The lowest BCUT2D eigenvalue weighted by Gasteiger charge is -2.05. The normalized spacial score (nSPS) is 11.9. The van der Waals surface area contributed by atoms with Gasteiger partial charge in [0.25, 0.3) is 0 Å². The molecule has 0 aromatic carbocycles. The van der Waals surface area contributed by atoms with Gasteiger partial charge in [-0.2, -0.15) is 0 Å². The largest absolute Gasteiger partial charge is 0.466 e. The second-order valence-electron chi connectivity index (χ2n) is 3.51. The molecule has 0 aliphatic heterocycles. The maximum absolute atomic E-state index is 11.1. The van der Waals surface area contributed by atoms with Crippen LogP contribution in [0, 0.1) is 5.92 Å². The van der Waals surface area contributed by atoms with Crippen LogP contribution in [0.1, 0.15) is 27.2 Å². The maximum atomic E-state index is 11.1. The Morgan fingerprint density at radius 1 is 1.43 bits per heavy atom. The van der Waals surface area contributed by atoms with Crippen LogP contribution in [0.2, 0.25) is 0 Å². The average molecular weight is 200 g/mol. The molecule has 0 amide bonds. The van der Waals surface area contributed by atoms with E-state index in [1.165, 1.54) is 7.11 Å². The van der Waals surface area contributed by atoms with Gasteiger partial charge < -0.3 is 9.47 Å². The van der Waals surface area contributed by atoms with Crippen LogP contribution >= 0.6 is 0 Å². The van der Waals surface area contributed by atoms with Gasteiger partial charge >= 0.3 is 5.97 Å². The van der Waals surface area contributed by atoms with Crippen molar-refractivity contribution in [2.24, 2.45) is 5.92 Å². The molecule has 14 heavy (non-hydrogen) atoms. The van der Waals surface area contributed by atoms with Gasteiger partial charge in [0.1, 0.15) is 0 Å². The lowest BCUT2D eigenvalue weighted by Crippen LogP contribution is -2.07. The third kappa shape index (κ3) is 5.75. The zero-order valence-corrected chi connectivity index (χ0v) is 9.50. The van der Waals surface area contributed by atoms with E-state index in [1.54, 1.807) is 6.08 Å². The van der Waals surface area contributed by atoms with Gasteiger partial charge in [-0.1, -0.05) is 20.8 Å². The van der Waals surface area contributed by atoms with Crippen LogP contribution in [-0.2, 0) is 14.3 Å². The molecule has 3 nitrogen and oxygen atoms in total. The number of methoxy groups -OCH3 is 1. The summed E-state index contributed by atoms with van der Waals surface area (Å²) in [7, 11) is 1.39. The van der Waals surface area contributed by atoms with Gasteiger partial charge in [0.15, 0.2) is 0 Å². The number of carbonyl (C=O) groups is 1. The van der Waals surface area contributed by atoms with E-state index >= 15 is 0 Å². The topological polar surface area (TPSA) is 35.5 Å². The van der Waals surface area contributed by atoms with Crippen LogP contribution in [0.5, 0.6) is 0 Å². The molecular formula is C11H20O3. The Morgan fingerprint density at radius 2 is 2.07 bits per heavy atom. The Balaban J connectivity index is 3.87. The van der Waals surface area contributed by atoms with Gasteiger partial charge in [-0.25, -0.2) is 4.79 Å². The molecule has 0 bridgehead atoms. The van der Waals surface area contributed by atoms with Crippen molar-refractivity contribution in [1.29, 1.82) is 0 Å². The molecule has 0 rings (SSSR count). The van der Waals surface area contributed by atoms with Crippen LogP contribution in [0.3, 0.4) is 0 Å². The van der Waals surface area contributed by atoms with Crippen LogP contribution in [-0.4, -0.2) is 26.3 Å². The van der Waals surface area contributed by atoms with Crippen molar-refractivity contribution < 1.29 is 14.3 Å². The summed E-state index contributed by atoms with van der Waals surface area (Å²) >= 11 is 0. The summed E-state index contributed by atoms with van der Waals surface area (Å²) in [6.45, 7) is 7.30. The van der Waals surface area contributed by atoms with E-state index in [1.807, 2.05) is 6.92 Å². The zero-order chi connectivity index (χ0) is 11.0. The number of rotatable bonds is 6. The van der Waals surface area contributed by atoms with E-state index in [-0.39, 0.29) is 5.97 Å². The van der Waals surface area contributed by atoms with Gasteiger partial charge in [0.05, 0.1) is 13.7 Å². The van der Waals surface area contributed by atoms with Crippen molar-refractivity contribution in [1.82, 2.24) is 0 Å². The fourth-order valence-electron chi connectivity index (χ4n) is 0.966. The Bertz CT molecular complexity index is 195. The molecule has 82 valence electrons. The van der Waals surface area contributed by atoms with Gasteiger partial charge in [-0.05, 0) is 18.4 Å². The van der Waals surface area contributed by atoms with E-state index < -0.39 is 0 Å². The van der Waals surface area contributed by atoms with E-state index in [0.29, 0.717) is 31.1 Å². The molecule has 0 unspecified atom stereocenters. The van der Waals surface area contributed by atoms with Crippen LogP contribution < -0.4 is 0 Å². The number of ether oxygens (including phenoxy) is 2. The number of hydrogen-bond donors (Lipinski definition) is 0. The van der Waals surface area contributed by atoms with Crippen LogP contribution in [0.15, 0.2) is 11.6 Å². The quantitative estimate of drug-likeness (QED) is 0.374. The third-order valence-corrected chi connectivity index (χ3v) is 1.73. The maximum Gasteiger partial charge on any atom is 0.333 e. The molecule has 0 aliphatic rings. The highest BCUT2D eigenvalue weighted by Crippen LogP contribution is 2.03. The van der Waals surface area contributed by atoms with Crippen molar-refractivity contribution in [3.63, 3.8) is 0 Å². The monoisotopic (exact) mass is 200 g/mol. The second kappa shape index (κ2) is 7.56. The molecule has 0 heterocycles. The highest BCUT2D eigenvalue weighted by Gasteiger charge is 2.05. The average Bonchev–Trinajstić information content (AvgIpc) is 2.16. The molecular weight excluding hydrogens is 180 g/mol. The van der Waals surface area contributed by atoms with Gasteiger partial charge in [0, 0.05) is 12.2 Å². The minimum atomic E-state index is -0.263. The van der Waals surface area contributed by atoms with Crippen LogP contribution in [0.4, 0.5) is 0 Å². The molecule has 3 heteroatoms. The Kier molecular flexibility index (Phi) is 7.11. The lowest BCUT2D eigenvalue weighted by atomic mass is 10.2. The number of carbonyl (C=O) groups excluding carboxylic acids is 1. The van der Waals surface area contributed by atoms with E-state index in [2.05, 4.69) is 18.6 Å². The van der Waals surface area contributed by atoms with E-state index in [4.69, 9.17) is 4.74 Å². The molecule has 0 aromatic rings. The van der Waals surface area contributed by atoms with Crippen molar-refractivity contribution in [2.75, 3.05) is 20.3 Å². The molecule has 0 atom stereocenters. The Morgan fingerprint density at radius 3 is 2.50 bits per heavy atom. The fourth-order valence-corrected chi connectivity index (χ4v) is 0.966. The molecule has 0 radical (unpaired) electrons. The van der Waals surface area contributed by atoms with Gasteiger partial charge in [0.2, 0.25) is 0 Å². The smallest absolute Gasteiger partial charge is 0.333 e. The van der Waals surface area contributed by atoms with Crippen molar-refractivity contribution >= 4 is 5.97 Å². The molecule has 0 saturated heterocycles. The van der Waals surface area contributed by atoms with Gasteiger partial charge in [-0.3, -0.25) is 0 Å².